The molecule has 0 aliphatic carbocycles. The molecule has 47 heavy (non-hydrogen) atoms. The molecule has 0 saturated heterocycles. The highest BCUT2D eigenvalue weighted by Gasteiger charge is 2.22. The fraction of sp³-hybridized carbons (Fsp3) is 0.489. The fourth-order valence-corrected chi connectivity index (χ4v) is 3.91. The van der Waals surface area contributed by atoms with Crippen molar-refractivity contribution in [3.05, 3.63) is 144 Å². The van der Waals surface area contributed by atoms with Crippen molar-refractivity contribution in [2.24, 2.45) is 0 Å². The average molecular weight is 645 g/mol. The van der Waals surface area contributed by atoms with Crippen LogP contribution in [0.25, 0.3) is 0 Å². The zero-order valence-corrected chi connectivity index (χ0v) is 34.2. The van der Waals surface area contributed by atoms with E-state index in [-0.39, 0.29) is 0 Å². The number of benzene rings is 4. The molecule has 0 radical (unpaired) electrons. The van der Waals surface area contributed by atoms with Crippen LogP contribution in [0.4, 0.5) is 0 Å². The maximum atomic E-state index is 2.25. The molecule has 0 nitrogen and oxygen atoms in total. The van der Waals surface area contributed by atoms with Gasteiger partial charge in [0.15, 0.2) is 0 Å². The fourth-order valence-electron chi connectivity index (χ4n) is 3.91. The van der Waals surface area contributed by atoms with Crippen LogP contribution >= 0.6 is 0 Å². The van der Waals surface area contributed by atoms with Gasteiger partial charge in [0.25, 0.3) is 0 Å². The predicted octanol–water partition coefficient (Wildman–Crippen LogP) is 16.8. The van der Waals surface area contributed by atoms with Crippen LogP contribution in [0.5, 0.6) is 0 Å². The topological polar surface area (TPSA) is 0 Å². The highest BCUT2D eigenvalue weighted by molar-refractivity contribution is 5.38. The zero-order valence-electron chi connectivity index (χ0n) is 34.2. The molecule has 268 valence electrons. The van der Waals surface area contributed by atoms with E-state index in [1.54, 1.807) is 0 Å². The van der Waals surface area contributed by atoms with Gasteiger partial charge in [0.2, 0.25) is 0 Å². The summed E-state index contributed by atoms with van der Waals surface area (Å²) < 4.78 is 0. The first-order chi connectivity index (χ1) is 23.1. The average Bonchev–Trinajstić information content (AvgIpc) is 3.15. The lowest BCUT2D eigenvalue weighted by molar-refractivity contribution is 0.644. The molecule has 0 fully saturated rings. The summed E-state index contributed by atoms with van der Waals surface area (Å²) in [6, 6.07) is 43.6. The normalized spacial score (nSPS) is 8.38. The summed E-state index contributed by atoms with van der Waals surface area (Å²) in [5, 5.41) is 0. The third-order valence-corrected chi connectivity index (χ3v) is 5.28. The van der Waals surface area contributed by atoms with Crippen LogP contribution in [0.3, 0.4) is 0 Å². The monoisotopic (exact) mass is 645 g/mol. The van der Waals surface area contributed by atoms with Crippen LogP contribution in [-0.2, 0) is 0 Å². The maximum Gasteiger partial charge on any atom is 0.00983 e. The van der Waals surface area contributed by atoms with Gasteiger partial charge < -0.3 is 0 Å². The second kappa shape index (κ2) is 47.3. The molecule has 0 heteroatoms. The Morgan fingerprint density at radius 1 is 0.277 bits per heavy atom. The first-order valence-electron chi connectivity index (χ1n) is 19.3. The van der Waals surface area contributed by atoms with Crippen LogP contribution in [0.15, 0.2) is 121 Å². The van der Waals surface area contributed by atoms with Gasteiger partial charge in [-0.25, -0.2) is 0 Å². The van der Waals surface area contributed by atoms with Gasteiger partial charge in [-0.15, -0.1) is 0 Å². The van der Waals surface area contributed by atoms with Crippen molar-refractivity contribution in [1.29, 1.82) is 0 Å². The molecule has 0 saturated carbocycles. The van der Waals surface area contributed by atoms with E-state index in [0.717, 1.165) is 6.42 Å². The van der Waals surface area contributed by atoms with Crippen molar-refractivity contribution < 1.29 is 0 Å². The summed E-state index contributed by atoms with van der Waals surface area (Å²) >= 11 is 0. The molecule has 0 spiro atoms. The number of hydrogen-bond acceptors (Lipinski definition) is 0. The smallest absolute Gasteiger partial charge is 0.00983 e. The molecule has 4 aromatic rings. The van der Waals surface area contributed by atoms with Crippen LogP contribution < -0.4 is 0 Å². The Kier molecular flexibility index (Phi) is 53.7. The van der Waals surface area contributed by atoms with Gasteiger partial charge in [-0.3, -0.25) is 0 Å². The Morgan fingerprint density at radius 2 is 0.404 bits per heavy atom. The van der Waals surface area contributed by atoms with E-state index in [1.165, 1.54) is 47.9 Å². The van der Waals surface area contributed by atoms with Gasteiger partial charge in [0.1, 0.15) is 0 Å². The first-order valence-corrected chi connectivity index (χ1v) is 19.3. The molecule has 0 aliphatic rings. The lowest BCUT2D eigenvalue weighted by atomic mass is 9.78. The maximum absolute atomic E-state index is 2.25. The molecule has 0 heterocycles. The lowest BCUT2D eigenvalue weighted by Crippen LogP contribution is -2.09. The molecule has 0 atom stereocenters. The minimum absolute atomic E-state index is 0.359. The van der Waals surface area contributed by atoms with Gasteiger partial charge in [0, 0.05) is 11.8 Å². The van der Waals surface area contributed by atoms with Gasteiger partial charge in [-0.2, -0.15) is 0 Å². The molecule has 4 aromatic carbocycles. The van der Waals surface area contributed by atoms with E-state index in [9.17, 15) is 0 Å². The van der Waals surface area contributed by atoms with E-state index in [2.05, 4.69) is 177 Å². The van der Waals surface area contributed by atoms with Crippen molar-refractivity contribution in [2.45, 2.75) is 155 Å². The van der Waals surface area contributed by atoms with Crippen molar-refractivity contribution in [1.82, 2.24) is 0 Å². The molecule has 0 aromatic heterocycles. The summed E-state index contributed by atoms with van der Waals surface area (Å²) in [5.41, 5.74) is 5.50. The summed E-state index contributed by atoms with van der Waals surface area (Å²) in [6.07, 6.45) is 6.04. The van der Waals surface area contributed by atoms with Crippen LogP contribution in [-0.4, -0.2) is 0 Å². The molecule has 0 unspecified atom stereocenters. The molecule has 4 rings (SSSR count). The SMILES string of the molecule is CC.CC.CC.CC.CCC.CCC.CCC.CCC.c1ccc(C(CC(c2ccccc2)c2ccccc2)c2ccccc2)cc1. The van der Waals surface area contributed by atoms with E-state index in [4.69, 9.17) is 0 Å². The minimum atomic E-state index is 0.359. The highest BCUT2D eigenvalue weighted by Crippen LogP contribution is 2.38. The van der Waals surface area contributed by atoms with Gasteiger partial charge in [-0.05, 0) is 28.7 Å². The van der Waals surface area contributed by atoms with Gasteiger partial charge >= 0.3 is 0 Å². The molecular formula is C47H80. The summed E-state index contributed by atoms with van der Waals surface area (Å²) in [7, 11) is 0. The van der Waals surface area contributed by atoms with Crippen molar-refractivity contribution in [3.8, 4) is 0 Å². The lowest BCUT2D eigenvalue weighted by Gasteiger charge is -2.25. The third kappa shape index (κ3) is 30.0. The quantitative estimate of drug-likeness (QED) is 0.196. The summed E-state index contributed by atoms with van der Waals surface area (Å²) in [5.74, 6) is 0.718. The Morgan fingerprint density at radius 3 is 0.532 bits per heavy atom. The van der Waals surface area contributed by atoms with Crippen LogP contribution in [0, 0.1) is 0 Å². The Balaban J connectivity index is -0.000000248. The van der Waals surface area contributed by atoms with Gasteiger partial charge in [-0.1, -0.05) is 258 Å². The standard InChI is InChI=1S/C27H24.4C3H8.4C2H6/c1-5-13-22(14-6-1)26(23-15-7-2-8-16-23)21-27(24-17-9-3-10-18-24)25-19-11-4-12-20-25;4*1-3-2;4*1-2/h1-20,26-27H,21H2;4*3H2,1-2H3;4*1-2H3. The molecule has 0 N–H and O–H groups in total. The van der Waals surface area contributed by atoms with Crippen molar-refractivity contribution in [2.75, 3.05) is 0 Å². The van der Waals surface area contributed by atoms with Crippen molar-refractivity contribution in [3.63, 3.8) is 0 Å². The molecule has 0 aliphatic heterocycles. The largest absolute Gasteiger partial charge is 0.0683 e. The predicted molar refractivity (Wildman–Crippen MR) is 223 cm³/mol. The van der Waals surface area contributed by atoms with Crippen LogP contribution in [0.1, 0.15) is 177 Å². The first kappa shape index (κ1) is 53.4. The summed E-state index contributed by atoms with van der Waals surface area (Å²) in [6.45, 7) is 33.0. The zero-order chi connectivity index (χ0) is 37.1. The Hall–Kier alpha value is -3.12. The highest BCUT2D eigenvalue weighted by atomic mass is 14.3. The molecular weight excluding hydrogens is 565 g/mol. The molecule has 0 bridgehead atoms. The van der Waals surface area contributed by atoms with E-state index < -0.39 is 0 Å². The van der Waals surface area contributed by atoms with Crippen molar-refractivity contribution >= 4 is 0 Å². The Labute approximate surface area is 297 Å². The number of hydrogen-bond donors (Lipinski definition) is 0. The third-order valence-electron chi connectivity index (χ3n) is 5.28. The molecule has 0 amide bonds. The van der Waals surface area contributed by atoms with E-state index in [0.29, 0.717) is 11.8 Å². The van der Waals surface area contributed by atoms with E-state index in [1.807, 2.05) is 55.4 Å². The second-order valence-electron chi connectivity index (χ2n) is 9.81. The van der Waals surface area contributed by atoms with Crippen LogP contribution in [0.2, 0.25) is 0 Å². The summed E-state index contributed by atoms with van der Waals surface area (Å²) in [4.78, 5) is 0. The number of rotatable bonds is 6. The Bertz CT molecular complexity index is 823. The van der Waals surface area contributed by atoms with Gasteiger partial charge in [0.05, 0.1) is 0 Å². The minimum Gasteiger partial charge on any atom is -0.0683 e. The second-order valence-corrected chi connectivity index (χ2v) is 9.81. The van der Waals surface area contributed by atoms with E-state index >= 15 is 0 Å².